The number of H-pyrrole nitrogens is 1. The fraction of sp³-hybridized carbons (Fsp3) is 0.182. The van der Waals surface area contributed by atoms with Crippen LogP contribution >= 0.6 is 11.6 Å². The van der Waals surface area contributed by atoms with Crippen molar-refractivity contribution in [1.82, 2.24) is 19.5 Å². The second-order valence-electron chi connectivity index (χ2n) is 7.07. The van der Waals surface area contributed by atoms with Crippen LogP contribution in [0.25, 0.3) is 11.0 Å². The standard InChI is InChI=1S/C22H21ClN6O/c1-12-6-5-7-15(23)19(12)28-22-27-17-9-8-16(18(14(3)30)20(17)29(22)4)26-13(2)21-24-10-11-25-21/h5-11H,1-4H3,(H,24,25)(H,27,28). The van der Waals surface area contributed by atoms with Gasteiger partial charge in [-0.1, -0.05) is 23.7 Å². The molecule has 0 amide bonds. The number of halogens is 1. The average molecular weight is 421 g/mol. The van der Waals surface area contributed by atoms with Crippen molar-refractivity contribution in [1.29, 1.82) is 0 Å². The van der Waals surface area contributed by atoms with E-state index in [0.29, 0.717) is 44.8 Å². The highest BCUT2D eigenvalue weighted by Gasteiger charge is 2.19. The molecule has 0 saturated carbocycles. The number of nitrogens with zero attached hydrogens (tertiary/aromatic N) is 4. The van der Waals surface area contributed by atoms with E-state index in [9.17, 15) is 4.79 Å². The van der Waals surface area contributed by atoms with Gasteiger partial charge in [-0.25, -0.2) is 15.0 Å². The van der Waals surface area contributed by atoms with Crippen LogP contribution < -0.4 is 5.32 Å². The lowest BCUT2D eigenvalue weighted by atomic mass is 10.1. The number of nitrogens with one attached hydrogen (secondary N) is 2. The maximum absolute atomic E-state index is 12.6. The molecule has 7 nitrogen and oxygen atoms in total. The Balaban J connectivity index is 1.86. The zero-order valence-corrected chi connectivity index (χ0v) is 17.9. The Labute approximate surface area is 178 Å². The number of carbonyl (C=O) groups excluding carboxylic acids is 1. The summed E-state index contributed by atoms with van der Waals surface area (Å²) in [5.41, 5.74) is 4.97. The van der Waals surface area contributed by atoms with E-state index >= 15 is 0 Å². The Morgan fingerprint density at radius 3 is 2.70 bits per heavy atom. The van der Waals surface area contributed by atoms with Crippen LogP contribution in [0.3, 0.4) is 0 Å². The normalized spacial score (nSPS) is 11.8. The van der Waals surface area contributed by atoms with Crippen molar-refractivity contribution < 1.29 is 4.79 Å². The summed E-state index contributed by atoms with van der Waals surface area (Å²) in [5.74, 6) is 1.16. The van der Waals surface area contributed by atoms with Crippen LogP contribution in [0, 0.1) is 6.92 Å². The minimum Gasteiger partial charge on any atom is -0.344 e. The molecular weight excluding hydrogens is 400 g/mol. The first kappa shape index (κ1) is 19.8. The Morgan fingerprint density at radius 2 is 2.03 bits per heavy atom. The minimum atomic E-state index is -0.0879. The molecule has 0 aliphatic rings. The molecular formula is C22H21ClN6O. The molecule has 0 fully saturated rings. The number of hydrogen-bond donors (Lipinski definition) is 2. The van der Waals surface area contributed by atoms with Gasteiger partial charge in [-0.05, 0) is 44.5 Å². The van der Waals surface area contributed by atoms with Gasteiger partial charge in [0.1, 0.15) is 0 Å². The van der Waals surface area contributed by atoms with Gasteiger partial charge in [-0.3, -0.25) is 4.79 Å². The number of ketones is 1. The summed E-state index contributed by atoms with van der Waals surface area (Å²) in [6, 6.07) is 9.37. The average Bonchev–Trinajstić information content (AvgIpc) is 3.34. The lowest BCUT2D eigenvalue weighted by molar-refractivity contribution is 0.101. The van der Waals surface area contributed by atoms with Crippen LogP contribution in [0.1, 0.15) is 35.6 Å². The van der Waals surface area contributed by atoms with Crippen molar-refractivity contribution in [3.8, 4) is 0 Å². The van der Waals surface area contributed by atoms with E-state index in [-0.39, 0.29) is 5.78 Å². The molecule has 8 heteroatoms. The van der Waals surface area contributed by atoms with Crippen LogP contribution in [-0.4, -0.2) is 31.0 Å². The topological polar surface area (TPSA) is 88.0 Å². The number of para-hydroxylation sites is 1. The van der Waals surface area contributed by atoms with Gasteiger partial charge in [0.05, 0.1) is 38.7 Å². The predicted octanol–water partition coefficient (Wildman–Crippen LogP) is 5.35. The number of fused-ring (bicyclic) bond motifs is 1. The molecule has 0 spiro atoms. The molecule has 0 radical (unpaired) electrons. The van der Waals surface area contributed by atoms with Crippen LogP contribution in [-0.2, 0) is 7.05 Å². The first-order valence-corrected chi connectivity index (χ1v) is 9.82. The molecule has 30 heavy (non-hydrogen) atoms. The third-order valence-corrected chi connectivity index (χ3v) is 5.27. The molecule has 2 N–H and O–H groups in total. The number of imidazole rings is 2. The zero-order chi connectivity index (χ0) is 21.4. The molecule has 0 aliphatic heterocycles. The molecule has 0 saturated heterocycles. The summed E-state index contributed by atoms with van der Waals surface area (Å²) in [6.07, 6.45) is 3.40. The monoisotopic (exact) mass is 420 g/mol. The van der Waals surface area contributed by atoms with Crippen LogP contribution in [0.5, 0.6) is 0 Å². The Morgan fingerprint density at radius 1 is 1.23 bits per heavy atom. The molecule has 0 aliphatic carbocycles. The Bertz CT molecular complexity index is 1270. The predicted molar refractivity (Wildman–Crippen MR) is 121 cm³/mol. The minimum absolute atomic E-state index is 0.0879. The molecule has 2 aromatic carbocycles. The summed E-state index contributed by atoms with van der Waals surface area (Å²) >= 11 is 6.36. The molecule has 152 valence electrons. The number of aryl methyl sites for hydroxylation is 2. The van der Waals surface area contributed by atoms with E-state index in [1.54, 1.807) is 12.4 Å². The molecule has 4 aromatic rings. The van der Waals surface area contributed by atoms with E-state index < -0.39 is 0 Å². The van der Waals surface area contributed by atoms with Crippen LogP contribution in [0.15, 0.2) is 47.7 Å². The largest absolute Gasteiger partial charge is 0.344 e. The molecule has 2 aromatic heterocycles. The number of Topliss-reactive ketones (excluding diaryl/α,β-unsaturated/α-hetero) is 1. The van der Waals surface area contributed by atoms with Gasteiger partial charge < -0.3 is 14.9 Å². The number of carbonyl (C=O) groups is 1. The Kier molecular flexibility index (Phi) is 5.13. The number of aromatic nitrogens is 4. The van der Waals surface area contributed by atoms with E-state index in [2.05, 4.69) is 25.3 Å². The smallest absolute Gasteiger partial charge is 0.208 e. The zero-order valence-electron chi connectivity index (χ0n) is 17.1. The van der Waals surface area contributed by atoms with Crippen molar-refractivity contribution in [3.63, 3.8) is 0 Å². The van der Waals surface area contributed by atoms with Crippen molar-refractivity contribution in [2.75, 3.05) is 5.32 Å². The van der Waals surface area contributed by atoms with Gasteiger partial charge in [0.15, 0.2) is 11.6 Å². The highest BCUT2D eigenvalue weighted by molar-refractivity contribution is 6.33. The number of aliphatic imine (C=N–C) groups is 1. The summed E-state index contributed by atoms with van der Waals surface area (Å²) in [4.78, 5) is 29.2. The van der Waals surface area contributed by atoms with E-state index in [4.69, 9.17) is 11.6 Å². The fourth-order valence-corrected chi connectivity index (χ4v) is 3.71. The van der Waals surface area contributed by atoms with Crippen LogP contribution in [0.4, 0.5) is 17.3 Å². The van der Waals surface area contributed by atoms with Crippen molar-refractivity contribution in [3.05, 3.63) is 64.7 Å². The third-order valence-electron chi connectivity index (χ3n) is 4.95. The first-order chi connectivity index (χ1) is 14.4. The van der Waals surface area contributed by atoms with Gasteiger partial charge in [0, 0.05) is 19.4 Å². The highest BCUT2D eigenvalue weighted by atomic mass is 35.5. The summed E-state index contributed by atoms with van der Waals surface area (Å²) in [7, 11) is 1.86. The molecule has 2 heterocycles. The maximum Gasteiger partial charge on any atom is 0.208 e. The van der Waals surface area contributed by atoms with Gasteiger partial charge in [0.2, 0.25) is 5.95 Å². The van der Waals surface area contributed by atoms with E-state index in [1.807, 2.05) is 55.8 Å². The lowest BCUT2D eigenvalue weighted by Gasteiger charge is -2.11. The Hall–Kier alpha value is -3.45. The molecule has 0 bridgehead atoms. The number of benzene rings is 2. The lowest BCUT2D eigenvalue weighted by Crippen LogP contribution is -2.04. The third kappa shape index (κ3) is 3.48. The van der Waals surface area contributed by atoms with Crippen molar-refractivity contribution in [2.45, 2.75) is 20.8 Å². The van der Waals surface area contributed by atoms with Crippen molar-refractivity contribution >= 4 is 51.5 Å². The van der Waals surface area contributed by atoms with E-state index in [0.717, 1.165) is 11.3 Å². The number of anilines is 2. The number of hydrogen-bond acceptors (Lipinski definition) is 5. The number of rotatable bonds is 5. The second-order valence-corrected chi connectivity index (χ2v) is 7.48. The summed E-state index contributed by atoms with van der Waals surface area (Å²) in [6.45, 7) is 5.36. The van der Waals surface area contributed by atoms with Gasteiger partial charge >= 0.3 is 0 Å². The van der Waals surface area contributed by atoms with Gasteiger partial charge in [-0.15, -0.1) is 0 Å². The van der Waals surface area contributed by atoms with Crippen LogP contribution in [0.2, 0.25) is 5.02 Å². The van der Waals surface area contributed by atoms with Gasteiger partial charge in [-0.2, -0.15) is 0 Å². The summed E-state index contributed by atoms with van der Waals surface area (Å²) in [5, 5.41) is 3.91. The highest BCUT2D eigenvalue weighted by Crippen LogP contribution is 2.33. The number of aromatic amines is 1. The molecule has 0 unspecified atom stereocenters. The molecule has 0 atom stereocenters. The quantitative estimate of drug-likeness (QED) is 0.336. The van der Waals surface area contributed by atoms with Gasteiger partial charge in [0.25, 0.3) is 0 Å². The fourth-order valence-electron chi connectivity index (χ4n) is 3.45. The second kappa shape index (κ2) is 7.76. The first-order valence-electron chi connectivity index (χ1n) is 9.44. The van der Waals surface area contributed by atoms with E-state index in [1.165, 1.54) is 6.92 Å². The summed E-state index contributed by atoms with van der Waals surface area (Å²) < 4.78 is 1.86. The SMILES string of the molecule is CC(=O)c1c(N=C(C)c2ncc[nH]2)ccc2nc(Nc3c(C)cccc3Cl)n(C)c12. The maximum atomic E-state index is 12.6. The molecule has 4 rings (SSSR count). The van der Waals surface area contributed by atoms with Crippen molar-refractivity contribution in [2.24, 2.45) is 12.0 Å².